The topological polar surface area (TPSA) is 73.6 Å². The van der Waals surface area contributed by atoms with E-state index in [0.717, 1.165) is 5.56 Å². The van der Waals surface area contributed by atoms with Crippen LogP contribution in [0.2, 0.25) is 0 Å². The highest BCUT2D eigenvalue weighted by atomic mass is 35.5. The molecule has 6 heteroatoms. The van der Waals surface area contributed by atoms with Crippen molar-refractivity contribution in [3.8, 4) is 5.75 Å². The van der Waals surface area contributed by atoms with Crippen LogP contribution in [-0.4, -0.2) is 24.7 Å². The molecule has 0 spiro atoms. The summed E-state index contributed by atoms with van der Waals surface area (Å²) in [6.45, 7) is 6.71. The van der Waals surface area contributed by atoms with Crippen molar-refractivity contribution in [2.45, 2.75) is 32.5 Å². The van der Waals surface area contributed by atoms with Gasteiger partial charge in [0, 0.05) is 12.2 Å². The fourth-order valence-electron chi connectivity index (χ4n) is 2.27. The molecule has 0 bridgehead atoms. The standard InChI is InChI=1S/C20H26N2O3.ClH/c1-20(2,3)25-18(15-7-5-4-6-8-15)19(23)22-16-9-11-17(12-10-16)24-14-13-21;/h4-12,18H,13-14,21H2,1-3H3,(H,22,23);1H. The minimum atomic E-state index is -0.686. The predicted molar refractivity (Wildman–Crippen MR) is 107 cm³/mol. The third-order valence-corrected chi connectivity index (χ3v) is 3.32. The lowest BCUT2D eigenvalue weighted by Gasteiger charge is -2.27. The maximum absolute atomic E-state index is 12.8. The zero-order valence-corrected chi connectivity index (χ0v) is 16.2. The van der Waals surface area contributed by atoms with Crippen LogP contribution in [0.15, 0.2) is 54.6 Å². The van der Waals surface area contributed by atoms with Gasteiger partial charge in [-0.05, 0) is 50.6 Å². The smallest absolute Gasteiger partial charge is 0.258 e. The molecule has 0 saturated heterocycles. The lowest BCUT2D eigenvalue weighted by atomic mass is 10.1. The summed E-state index contributed by atoms with van der Waals surface area (Å²) >= 11 is 0. The van der Waals surface area contributed by atoms with Crippen molar-refractivity contribution in [2.75, 3.05) is 18.5 Å². The van der Waals surface area contributed by atoms with E-state index >= 15 is 0 Å². The Balaban J connectivity index is 0.00000338. The summed E-state index contributed by atoms with van der Waals surface area (Å²) in [4.78, 5) is 12.8. The molecule has 0 aliphatic heterocycles. The molecule has 0 fully saturated rings. The number of benzene rings is 2. The molecule has 1 atom stereocenters. The average molecular weight is 379 g/mol. The van der Waals surface area contributed by atoms with Gasteiger partial charge in [0.2, 0.25) is 0 Å². The Labute approximate surface area is 161 Å². The Hall–Kier alpha value is -2.08. The van der Waals surface area contributed by atoms with Gasteiger partial charge in [0.25, 0.3) is 5.91 Å². The molecular formula is C20H27ClN2O3. The Morgan fingerprint density at radius 1 is 1.08 bits per heavy atom. The number of anilines is 1. The van der Waals surface area contributed by atoms with Crippen LogP contribution in [0.3, 0.4) is 0 Å². The summed E-state index contributed by atoms with van der Waals surface area (Å²) in [5.74, 6) is 0.505. The summed E-state index contributed by atoms with van der Waals surface area (Å²) in [5, 5.41) is 2.90. The molecule has 5 nitrogen and oxygen atoms in total. The molecule has 0 aromatic heterocycles. The SMILES string of the molecule is CC(C)(C)OC(C(=O)Nc1ccc(OCCN)cc1)c1ccccc1.Cl. The maximum atomic E-state index is 12.8. The predicted octanol–water partition coefficient (Wildman–Crippen LogP) is 3.94. The Kier molecular flexibility index (Phi) is 8.58. The molecule has 2 aromatic rings. The van der Waals surface area contributed by atoms with Crippen LogP contribution in [0.25, 0.3) is 0 Å². The second kappa shape index (κ2) is 10.2. The van der Waals surface area contributed by atoms with Gasteiger partial charge < -0.3 is 20.5 Å². The first-order valence-electron chi connectivity index (χ1n) is 8.35. The number of nitrogens with one attached hydrogen (secondary N) is 1. The molecule has 0 saturated carbocycles. The lowest BCUT2D eigenvalue weighted by Crippen LogP contribution is -2.31. The van der Waals surface area contributed by atoms with Crippen molar-refractivity contribution >= 4 is 24.0 Å². The van der Waals surface area contributed by atoms with Gasteiger partial charge in [0.15, 0.2) is 6.10 Å². The highest BCUT2D eigenvalue weighted by Gasteiger charge is 2.27. The zero-order chi connectivity index (χ0) is 18.3. The van der Waals surface area contributed by atoms with Crippen molar-refractivity contribution in [1.29, 1.82) is 0 Å². The van der Waals surface area contributed by atoms with E-state index in [9.17, 15) is 4.79 Å². The summed E-state index contributed by atoms with van der Waals surface area (Å²) in [7, 11) is 0. The molecule has 3 N–H and O–H groups in total. The molecule has 2 aromatic carbocycles. The van der Waals surface area contributed by atoms with Gasteiger partial charge in [-0.25, -0.2) is 0 Å². The number of halogens is 1. The molecule has 142 valence electrons. The van der Waals surface area contributed by atoms with Crippen LogP contribution in [0.1, 0.15) is 32.4 Å². The largest absolute Gasteiger partial charge is 0.492 e. The number of hydrogen-bond donors (Lipinski definition) is 2. The number of carbonyl (C=O) groups is 1. The minimum absolute atomic E-state index is 0. The van der Waals surface area contributed by atoms with Gasteiger partial charge in [-0.1, -0.05) is 30.3 Å². The molecule has 0 radical (unpaired) electrons. The lowest BCUT2D eigenvalue weighted by molar-refractivity contribution is -0.137. The first-order valence-corrected chi connectivity index (χ1v) is 8.35. The van der Waals surface area contributed by atoms with Gasteiger partial charge in [-0.2, -0.15) is 0 Å². The maximum Gasteiger partial charge on any atom is 0.258 e. The fraction of sp³-hybridized carbons (Fsp3) is 0.350. The number of hydrogen-bond acceptors (Lipinski definition) is 4. The van der Waals surface area contributed by atoms with Crippen LogP contribution >= 0.6 is 12.4 Å². The van der Waals surface area contributed by atoms with E-state index in [4.69, 9.17) is 15.2 Å². The number of amides is 1. The van der Waals surface area contributed by atoms with Crippen molar-refractivity contribution < 1.29 is 14.3 Å². The van der Waals surface area contributed by atoms with Crippen LogP contribution in [-0.2, 0) is 9.53 Å². The van der Waals surface area contributed by atoms with E-state index in [-0.39, 0.29) is 18.3 Å². The van der Waals surface area contributed by atoms with E-state index in [0.29, 0.717) is 24.6 Å². The highest BCUT2D eigenvalue weighted by molar-refractivity contribution is 5.95. The average Bonchev–Trinajstić information content (AvgIpc) is 2.59. The van der Waals surface area contributed by atoms with Gasteiger partial charge in [0.1, 0.15) is 12.4 Å². The molecule has 1 amide bonds. The van der Waals surface area contributed by atoms with Crippen molar-refractivity contribution in [3.63, 3.8) is 0 Å². The molecule has 1 unspecified atom stereocenters. The van der Waals surface area contributed by atoms with E-state index < -0.39 is 11.7 Å². The summed E-state index contributed by atoms with van der Waals surface area (Å²) in [5.41, 5.74) is 6.47. The van der Waals surface area contributed by atoms with Crippen molar-refractivity contribution in [1.82, 2.24) is 0 Å². The second-order valence-corrected chi connectivity index (χ2v) is 6.67. The molecule has 0 aliphatic rings. The zero-order valence-electron chi connectivity index (χ0n) is 15.4. The van der Waals surface area contributed by atoms with Gasteiger partial charge in [0.05, 0.1) is 5.60 Å². The van der Waals surface area contributed by atoms with Crippen LogP contribution in [0.5, 0.6) is 5.75 Å². The van der Waals surface area contributed by atoms with E-state index in [1.807, 2.05) is 51.1 Å². The third kappa shape index (κ3) is 7.04. The Morgan fingerprint density at radius 3 is 2.23 bits per heavy atom. The van der Waals surface area contributed by atoms with Crippen molar-refractivity contribution in [2.24, 2.45) is 5.73 Å². The number of carbonyl (C=O) groups excluding carboxylic acids is 1. The number of ether oxygens (including phenoxy) is 2. The molecule has 0 aliphatic carbocycles. The molecule has 0 heterocycles. The van der Waals surface area contributed by atoms with Gasteiger partial charge in [-0.15, -0.1) is 12.4 Å². The van der Waals surface area contributed by atoms with Crippen LogP contribution < -0.4 is 15.8 Å². The Morgan fingerprint density at radius 2 is 1.69 bits per heavy atom. The molecular weight excluding hydrogens is 352 g/mol. The first-order chi connectivity index (χ1) is 11.9. The van der Waals surface area contributed by atoms with E-state index in [1.54, 1.807) is 24.3 Å². The fourth-order valence-corrected chi connectivity index (χ4v) is 2.27. The molecule has 26 heavy (non-hydrogen) atoms. The third-order valence-electron chi connectivity index (χ3n) is 3.32. The summed E-state index contributed by atoms with van der Waals surface area (Å²) in [6, 6.07) is 16.7. The highest BCUT2D eigenvalue weighted by Crippen LogP contribution is 2.26. The van der Waals surface area contributed by atoms with Crippen molar-refractivity contribution in [3.05, 3.63) is 60.2 Å². The second-order valence-electron chi connectivity index (χ2n) is 6.67. The Bertz CT molecular complexity index is 670. The monoisotopic (exact) mass is 378 g/mol. The van der Waals surface area contributed by atoms with E-state index in [2.05, 4.69) is 5.32 Å². The first kappa shape index (κ1) is 22.0. The van der Waals surface area contributed by atoms with Crippen LogP contribution in [0, 0.1) is 0 Å². The quantitative estimate of drug-likeness (QED) is 0.765. The summed E-state index contributed by atoms with van der Waals surface area (Å²) < 4.78 is 11.4. The van der Waals surface area contributed by atoms with Gasteiger partial charge >= 0.3 is 0 Å². The summed E-state index contributed by atoms with van der Waals surface area (Å²) in [6.07, 6.45) is -0.686. The van der Waals surface area contributed by atoms with E-state index in [1.165, 1.54) is 0 Å². The van der Waals surface area contributed by atoms with Crippen LogP contribution in [0.4, 0.5) is 5.69 Å². The van der Waals surface area contributed by atoms with Gasteiger partial charge in [-0.3, -0.25) is 4.79 Å². The normalized spacial score (nSPS) is 12.0. The number of nitrogens with two attached hydrogens (primary N) is 1. The molecule has 2 rings (SSSR count). The number of rotatable bonds is 7. The minimum Gasteiger partial charge on any atom is -0.492 e.